The van der Waals surface area contributed by atoms with Gasteiger partial charge in [0.05, 0.1) is 0 Å². The highest BCUT2D eigenvalue weighted by Gasteiger charge is 1.93. The highest BCUT2D eigenvalue weighted by Crippen LogP contribution is 1.99. The summed E-state index contributed by atoms with van der Waals surface area (Å²) in [6.45, 7) is 0.679. The second kappa shape index (κ2) is 3.17. The highest BCUT2D eigenvalue weighted by atomic mass is 125. The van der Waals surface area contributed by atoms with Gasteiger partial charge in [-0.05, 0) is 29.1 Å². The van der Waals surface area contributed by atoms with Gasteiger partial charge in [0.2, 0.25) is 0 Å². The van der Waals surface area contributed by atoms with Gasteiger partial charge in [0.1, 0.15) is 0 Å². The summed E-state index contributed by atoms with van der Waals surface area (Å²) in [5, 5.41) is 0. The molecule has 1 aromatic rings. The average Bonchev–Trinajstić information content (AvgIpc) is 2.17. The number of H-pyrrole nitrogens is 1. The number of nitrogens with two attached hydrogens (primary N) is 1. The molecule has 0 bridgehead atoms. The molecule has 3 nitrogen and oxygen atoms in total. The Morgan fingerprint density at radius 1 is 1.78 bits per heavy atom. The Morgan fingerprint density at radius 3 is 3.00 bits per heavy atom. The molecule has 0 unspecified atom stereocenters. The zero-order valence-corrected chi connectivity index (χ0v) is 7.05. The Bertz CT molecular complexity index is 184. The summed E-state index contributed by atoms with van der Waals surface area (Å²) in [4.78, 5) is 7.08. The molecule has 0 saturated heterocycles. The minimum atomic E-state index is 0.679. The number of nitrogens with one attached hydrogen (secondary N) is 1. The first-order valence-corrected chi connectivity index (χ1v) is 3.80. The molecule has 0 amide bonds. The van der Waals surface area contributed by atoms with Gasteiger partial charge in [-0.1, -0.05) is 0 Å². The van der Waals surface area contributed by atoms with Crippen LogP contribution < -0.4 is 5.73 Å². The van der Waals surface area contributed by atoms with Crippen LogP contribution in [0.5, 0.6) is 0 Å². The quantitative estimate of drug-likeness (QED) is 0.734. The molecule has 1 aromatic heterocycles. The maximum Gasteiger partial charge on any atom is 0.168 e. The van der Waals surface area contributed by atoms with E-state index in [0.717, 1.165) is 15.9 Å². The first-order chi connectivity index (χ1) is 4.33. The monoisotopic (exact) mass is 235 g/mol. The van der Waals surface area contributed by atoms with Gasteiger partial charge >= 0.3 is 0 Å². The fourth-order valence-corrected chi connectivity index (χ4v) is 1.10. The summed E-state index contributed by atoms with van der Waals surface area (Å²) >= 11 is 2.13. The summed E-state index contributed by atoms with van der Waals surface area (Å²) in [7, 11) is 0. The number of aromatic amines is 1. The van der Waals surface area contributed by atoms with E-state index in [1.807, 2.05) is 6.20 Å². The summed E-state index contributed by atoms with van der Waals surface area (Å²) < 4.78 is 0.927. The van der Waals surface area contributed by atoms with Crippen LogP contribution in [0.4, 0.5) is 0 Å². The van der Waals surface area contributed by atoms with Crippen molar-refractivity contribution < 1.29 is 0 Å². The summed E-state index contributed by atoms with van der Waals surface area (Å²) in [5.74, 6) is 0. The topological polar surface area (TPSA) is 54.7 Å². The molecule has 0 fully saturated rings. The van der Waals surface area contributed by atoms with Gasteiger partial charge < -0.3 is 10.7 Å². The van der Waals surface area contributed by atoms with Crippen LogP contribution in [-0.4, -0.2) is 16.5 Å². The van der Waals surface area contributed by atoms with Crippen molar-refractivity contribution in [3.05, 3.63) is 15.7 Å². The summed E-state index contributed by atoms with van der Waals surface area (Å²) in [6, 6.07) is 0. The highest BCUT2D eigenvalue weighted by molar-refractivity contribution is 14.1. The Kier molecular flexibility index (Phi) is 2.47. The molecule has 0 atom stereocenters. The molecule has 0 spiro atoms. The number of imidazole rings is 1. The molecule has 50 valence electrons. The van der Waals surface area contributed by atoms with E-state index in [1.54, 1.807) is 0 Å². The van der Waals surface area contributed by atoms with Crippen molar-refractivity contribution in [2.45, 2.75) is 6.42 Å². The van der Waals surface area contributed by atoms with E-state index >= 15 is 0 Å². The second-order valence-corrected chi connectivity index (χ2v) is 2.76. The van der Waals surface area contributed by atoms with E-state index in [-0.39, 0.29) is 0 Å². The number of halogens is 1. The molecule has 1 rings (SSSR count). The van der Waals surface area contributed by atoms with Gasteiger partial charge in [0.15, 0.2) is 3.83 Å². The molecule has 0 radical (unpaired) electrons. The third-order valence-electron chi connectivity index (χ3n) is 1.01. The zero-order valence-electron chi connectivity index (χ0n) is 4.89. The summed E-state index contributed by atoms with van der Waals surface area (Å²) in [5.41, 5.74) is 6.43. The largest absolute Gasteiger partial charge is 0.337 e. The third-order valence-corrected chi connectivity index (χ3v) is 1.56. The van der Waals surface area contributed by atoms with Gasteiger partial charge in [-0.3, -0.25) is 0 Å². The second-order valence-electron chi connectivity index (χ2n) is 1.74. The number of aromatic nitrogens is 2. The van der Waals surface area contributed by atoms with Crippen LogP contribution in [0.1, 0.15) is 5.69 Å². The van der Waals surface area contributed by atoms with Crippen molar-refractivity contribution in [2.75, 3.05) is 6.54 Å². The number of nitrogens with zero attached hydrogens (tertiary/aromatic N) is 1. The van der Waals surface area contributed by atoms with Crippen LogP contribution >= 0.6 is 22.6 Å². The van der Waals surface area contributed by atoms with Gasteiger partial charge in [-0.25, -0.2) is 4.98 Å². The van der Waals surface area contributed by atoms with Crippen LogP contribution in [0.25, 0.3) is 0 Å². The van der Waals surface area contributed by atoms with Gasteiger partial charge in [0.25, 0.3) is 0 Å². The first-order valence-electron chi connectivity index (χ1n) is 2.72. The van der Waals surface area contributed by atoms with Crippen molar-refractivity contribution in [3.8, 4) is 0 Å². The Morgan fingerprint density at radius 2 is 2.56 bits per heavy atom. The molecule has 3 N–H and O–H groups in total. The average molecular weight is 235 g/mol. The lowest BCUT2D eigenvalue weighted by atomic mass is 10.3. The predicted molar refractivity (Wildman–Crippen MR) is 44.1 cm³/mol. The molecule has 4 heteroatoms. The fraction of sp³-hybridized carbons (Fsp3) is 0.400. The van der Waals surface area contributed by atoms with Crippen molar-refractivity contribution in [3.63, 3.8) is 0 Å². The molecule has 0 saturated carbocycles. The fourth-order valence-electron chi connectivity index (χ4n) is 0.614. The number of hydrogen-bond acceptors (Lipinski definition) is 2. The maximum atomic E-state index is 5.32. The van der Waals surface area contributed by atoms with Crippen LogP contribution in [0.3, 0.4) is 0 Å². The smallest absolute Gasteiger partial charge is 0.168 e. The third kappa shape index (κ3) is 1.94. The van der Waals surface area contributed by atoms with E-state index < -0.39 is 0 Å². The van der Waals surface area contributed by atoms with Crippen molar-refractivity contribution >= 4 is 22.6 Å². The number of rotatable bonds is 2. The molecule has 0 aliphatic rings. The molecular weight excluding hydrogens is 227 g/mol. The SMILES string of the molecule is NCCc1cnc([125I])[nH]1. The van der Waals surface area contributed by atoms with Crippen LogP contribution in [0.15, 0.2) is 6.20 Å². The van der Waals surface area contributed by atoms with Crippen LogP contribution in [0.2, 0.25) is 0 Å². The van der Waals surface area contributed by atoms with E-state index in [1.165, 1.54) is 0 Å². The van der Waals surface area contributed by atoms with E-state index in [9.17, 15) is 0 Å². The number of hydrogen-bond donors (Lipinski definition) is 2. The lowest BCUT2D eigenvalue weighted by Crippen LogP contribution is -2.02. The summed E-state index contributed by atoms with van der Waals surface area (Å²) in [6.07, 6.45) is 2.70. The predicted octanol–water partition coefficient (Wildman–Crippen LogP) is 0.515. The molecule has 1 heterocycles. The normalized spacial score (nSPS) is 10.0. The Balaban J connectivity index is 2.61. The molecule has 0 aromatic carbocycles. The minimum Gasteiger partial charge on any atom is -0.337 e. The van der Waals surface area contributed by atoms with Crippen molar-refractivity contribution in [1.82, 2.24) is 9.97 Å². The maximum absolute atomic E-state index is 5.32. The van der Waals surface area contributed by atoms with Gasteiger partial charge in [0, 0.05) is 18.3 Å². The zero-order chi connectivity index (χ0) is 6.69. The lowest BCUT2D eigenvalue weighted by molar-refractivity contribution is 0.932. The molecular formula is C5H8IN3. The van der Waals surface area contributed by atoms with Crippen LogP contribution in [0, 0.1) is 3.83 Å². The van der Waals surface area contributed by atoms with E-state index in [0.29, 0.717) is 6.54 Å². The van der Waals surface area contributed by atoms with E-state index in [2.05, 4.69) is 32.6 Å². The van der Waals surface area contributed by atoms with Crippen molar-refractivity contribution in [2.24, 2.45) is 5.73 Å². The Hall–Kier alpha value is -0.100. The standard InChI is InChI=1S/C5H8IN3/c6-5-8-3-4(9-5)1-2-7/h3H,1-2,7H2,(H,8,9)/i6-2. The molecule has 0 aliphatic heterocycles. The molecule has 0 aliphatic carbocycles. The van der Waals surface area contributed by atoms with E-state index in [4.69, 9.17) is 5.73 Å². The lowest BCUT2D eigenvalue weighted by Gasteiger charge is -1.87. The minimum absolute atomic E-state index is 0.679. The molecule has 9 heavy (non-hydrogen) atoms. The first kappa shape index (κ1) is 7.01. The Labute approximate surface area is 67.2 Å². The van der Waals surface area contributed by atoms with Crippen LogP contribution in [-0.2, 0) is 6.42 Å². The van der Waals surface area contributed by atoms with Gasteiger partial charge in [-0.2, -0.15) is 0 Å². The van der Waals surface area contributed by atoms with Crippen molar-refractivity contribution in [1.29, 1.82) is 0 Å². The van der Waals surface area contributed by atoms with Gasteiger partial charge in [-0.15, -0.1) is 0 Å².